The highest BCUT2D eigenvalue weighted by atomic mass is 16.1. The van der Waals surface area contributed by atoms with E-state index < -0.39 is 0 Å². The van der Waals surface area contributed by atoms with Gasteiger partial charge in [0.05, 0.1) is 0 Å². The van der Waals surface area contributed by atoms with Crippen molar-refractivity contribution in [3.8, 4) is 0 Å². The summed E-state index contributed by atoms with van der Waals surface area (Å²) in [4.78, 5) is 15.9. The number of benzene rings is 2. The molecule has 0 spiro atoms. The third-order valence-electron chi connectivity index (χ3n) is 4.84. The van der Waals surface area contributed by atoms with Crippen LogP contribution in [0.4, 0.5) is 0 Å². The van der Waals surface area contributed by atoms with Gasteiger partial charge in [0, 0.05) is 47.5 Å². The van der Waals surface area contributed by atoms with Crippen LogP contribution in [0.3, 0.4) is 0 Å². The molecule has 2 aromatic carbocycles. The van der Waals surface area contributed by atoms with E-state index in [0.29, 0.717) is 12.1 Å². The Bertz CT molecular complexity index is 1070. The Hall–Kier alpha value is -3.01. The molecule has 126 valence electrons. The number of aromatic amines is 1. The molecule has 2 heterocycles. The molecule has 0 saturated heterocycles. The van der Waals surface area contributed by atoms with E-state index in [-0.39, 0.29) is 5.91 Å². The van der Waals surface area contributed by atoms with Crippen LogP contribution in [-0.2, 0) is 13.5 Å². The van der Waals surface area contributed by atoms with Crippen LogP contribution in [0.15, 0.2) is 54.7 Å². The van der Waals surface area contributed by atoms with Crippen LogP contribution in [0.2, 0.25) is 0 Å². The molecular weight excluding hydrogens is 310 g/mol. The van der Waals surface area contributed by atoms with Gasteiger partial charge in [-0.1, -0.05) is 24.3 Å². The molecule has 0 radical (unpaired) electrons. The highest BCUT2D eigenvalue weighted by molar-refractivity contribution is 5.98. The first-order valence-corrected chi connectivity index (χ1v) is 8.53. The summed E-state index contributed by atoms with van der Waals surface area (Å²) in [6.07, 6.45) is 2.82. The maximum Gasteiger partial charge on any atom is 0.251 e. The molecule has 0 fully saturated rings. The number of para-hydroxylation sites is 1. The van der Waals surface area contributed by atoms with E-state index in [1.165, 1.54) is 16.6 Å². The number of hydrogen-bond acceptors (Lipinski definition) is 1. The Morgan fingerprint density at radius 1 is 1.16 bits per heavy atom. The monoisotopic (exact) mass is 331 g/mol. The molecule has 25 heavy (non-hydrogen) atoms. The van der Waals surface area contributed by atoms with Crippen molar-refractivity contribution in [2.24, 2.45) is 7.05 Å². The first kappa shape index (κ1) is 15.5. The van der Waals surface area contributed by atoms with Crippen molar-refractivity contribution in [1.82, 2.24) is 14.9 Å². The topological polar surface area (TPSA) is 49.8 Å². The molecule has 0 aliphatic heterocycles. The number of aromatic nitrogens is 2. The minimum absolute atomic E-state index is 0.0272. The van der Waals surface area contributed by atoms with E-state index in [4.69, 9.17) is 0 Å². The third-order valence-corrected chi connectivity index (χ3v) is 4.84. The standard InChI is InChI=1S/C21H21N3O/c1-14-17(18-5-3-4-6-19(18)23-14)9-11-22-21(25)16-8-7-15-10-12-24(2)20(15)13-16/h3-8,10,12-13,23H,9,11H2,1-2H3,(H,22,25). The van der Waals surface area contributed by atoms with Crippen molar-refractivity contribution in [1.29, 1.82) is 0 Å². The second kappa shape index (κ2) is 6.13. The number of H-pyrrole nitrogens is 1. The molecule has 2 N–H and O–H groups in total. The number of amides is 1. The smallest absolute Gasteiger partial charge is 0.251 e. The van der Waals surface area contributed by atoms with Gasteiger partial charge in [-0.15, -0.1) is 0 Å². The van der Waals surface area contributed by atoms with Gasteiger partial charge in [-0.2, -0.15) is 0 Å². The number of rotatable bonds is 4. The number of nitrogens with one attached hydrogen (secondary N) is 2. The number of hydrogen-bond donors (Lipinski definition) is 2. The van der Waals surface area contributed by atoms with Crippen LogP contribution in [0, 0.1) is 6.92 Å². The van der Waals surface area contributed by atoms with Gasteiger partial charge in [0.25, 0.3) is 5.91 Å². The summed E-state index contributed by atoms with van der Waals surface area (Å²) in [5, 5.41) is 5.43. The Morgan fingerprint density at radius 2 is 2.00 bits per heavy atom. The van der Waals surface area contributed by atoms with Gasteiger partial charge in [-0.3, -0.25) is 4.79 Å². The fraction of sp³-hybridized carbons (Fsp3) is 0.190. The molecule has 0 unspecified atom stereocenters. The quantitative estimate of drug-likeness (QED) is 0.585. The Balaban J connectivity index is 1.47. The minimum atomic E-state index is -0.0272. The first-order chi connectivity index (χ1) is 12.1. The number of aryl methyl sites for hydroxylation is 2. The lowest BCUT2D eigenvalue weighted by Crippen LogP contribution is -2.25. The summed E-state index contributed by atoms with van der Waals surface area (Å²) < 4.78 is 2.03. The van der Waals surface area contributed by atoms with E-state index in [1.54, 1.807) is 0 Å². The van der Waals surface area contributed by atoms with Crippen molar-refractivity contribution >= 4 is 27.7 Å². The summed E-state index contributed by atoms with van der Waals surface area (Å²) in [6.45, 7) is 2.70. The zero-order valence-corrected chi connectivity index (χ0v) is 14.5. The largest absolute Gasteiger partial charge is 0.358 e. The zero-order chi connectivity index (χ0) is 17.4. The fourth-order valence-electron chi connectivity index (χ4n) is 3.46. The predicted octanol–water partition coefficient (Wildman–Crippen LogP) is 3.94. The van der Waals surface area contributed by atoms with Crippen LogP contribution in [-0.4, -0.2) is 22.0 Å². The van der Waals surface area contributed by atoms with Gasteiger partial charge >= 0.3 is 0 Å². The van der Waals surface area contributed by atoms with Crippen molar-refractivity contribution < 1.29 is 4.79 Å². The maximum atomic E-state index is 12.5. The molecule has 4 rings (SSSR count). The van der Waals surface area contributed by atoms with Crippen LogP contribution in [0.1, 0.15) is 21.6 Å². The highest BCUT2D eigenvalue weighted by Gasteiger charge is 2.10. The lowest BCUT2D eigenvalue weighted by molar-refractivity contribution is 0.0954. The Morgan fingerprint density at radius 3 is 2.88 bits per heavy atom. The molecule has 4 aromatic rings. The predicted molar refractivity (Wildman–Crippen MR) is 102 cm³/mol. The van der Waals surface area contributed by atoms with Crippen molar-refractivity contribution in [3.63, 3.8) is 0 Å². The van der Waals surface area contributed by atoms with Gasteiger partial charge in [0.2, 0.25) is 0 Å². The van der Waals surface area contributed by atoms with E-state index in [9.17, 15) is 4.79 Å². The van der Waals surface area contributed by atoms with E-state index in [2.05, 4.69) is 35.4 Å². The van der Waals surface area contributed by atoms with Crippen molar-refractivity contribution in [2.45, 2.75) is 13.3 Å². The maximum absolute atomic E-state index is 12.5. The average Bonchev–Trinajstić information content (AvgIpc) is 3.15. The lowest BCUT2D eigenvalue weighted by Gasteiger charge is -2.07. The van der Waals surface area contributed by atoms with Crippen LogP contribution < -0.4 is 5.32 Å². The van der Waals surface area contributed by atoms with Crippen LogP contribution >= 0.6 is 0 Å². The number of nitrogens with zero attached hydrogens (tertiary/aromatic N) is 1. The molecule has 0 atom stereocenters. The normalized spacial score (nSPS) is 11.3. The van der Waals surface area contributed by atoms with E-state index in [0.717, 1.165) is 22.8 Å². The molecular formula is C21H21N3O. The number of carbonyl (C=O) groups excluding carboxylic acids is 1. The lowest BCUT2D eigenvalue weighted by atomic mass is 10.1. The van der Waals surface area contributed by atoms with Crippen molar-refractivity contribution in [3.05, 3.63) is 71.5 Å². The summed E-state index contributed by atoms with van der Waals surface area (Å²) in [5.74, 6) is -0.0272. The molecule has 1 amide bonds. The summed E-state index contributed by atoms with van der Waals surface area (Å²) in [5.41, 5.74) is 5.36. The van der Waals surface area contributed by atoms with Gasteiger partial charge in [0.15, 0.2) is 0 Å². The average molecular weight is 331 g/mol. The minimum Gasteiger partial charge on any atom is -0.358 e. The van der Waals surface area contributed by atoms with Crippen molar-refractivity contribution in [2.75, 3.05) is 6.54 Å². The molecule has 4 nitrogen and oxygen atoms in total. The molecule has 0 aliphatic carbocycles. The second-order valence-electron chi connectivity index (χ2n) is 6.48. The molecule has 0 aliphatic rings. The molecule has 2 aromatic heterocycles. The Kier molecular flexibility index (Phi) is 3.80. The fourth-order valence-corrected chi connectivity index (χ4v) is 3.46. The van der Waals surface area contributed by atoms with Crippen LogP contribution in [0.5, 0.6) is 0 Å². The summed E-state index contributed by atoms with van der Waals surface area (Å²) in [7, 11) is 1.99. The number of carbonyl (C=O) groups is 1. The molecule has 4 heteroatoms. The Labute approximate surface area is 146 Å². The van der Waals surface area contributed by atoms with E-state index >= 15 is 0 Å². The van der Waals surface area contributed by atoms with Gasteiger partial charge in [0.1, 0.15) is 0 Å². The molecule has 0 bridgehead atoms. The summed E-state index contributed by atoms with van der Waals surface area (Å²) >= 11 is 0. The van der Waals surface area contributed by atoms with Gasteiger partial charge < -0.3 is 14.9 Å². The van der Waals surface area contributed by atoms with Crippen LogP contribution in [0.25, 0.3) is 21.8 Å². The van der Waals surface area contributed by atoms with Gasteiger partial charge in [-0.25, -0.2) is 0 Å². The van der Waals surface area contributed by atoms with Gasteiger partial charge in [-0.05, 0) is 48.6 Å². The third kappa shape index (κ3) is 2.80. The second-order valence-corrected chi connectivity index (χ2v) is 6.48. The SMILES string of the molecule is Cc1[nH]c2ccccc2c1CCNC(=O)c1ccc2ccn(C)c2c1. The number of fused-ring (bicyclic) bond motifs is 2. The summed E-state index contributed by atoms with van der Waals surface area (Å²) in [6, 6.07) is 16.2. The molecule has 0 saturated carbocycles. The zero-order valence-electron chi connectivity index (χ0n) is 14.5. The van der Waals surface area contributed by atoms with E-state index in [1.807, 2.05) is 48.1 Å². The first-order valence-electron chi connectivity index (χ1n) is 8.53. The highest BCUT2D eigenvalue weighted by Crippen LogP contribution is 2.22.